The monoisotopic (exact) mass is 385 g/mol. The average Bonchev–Trinajstić information content (AvgIpc) is 3.16. The minimum absolute atomic E-state index is 0.0283. The van der Waals surface area contributed by atoms with Crippen molar-refractivity contribution >= 4 is 22.8 Å². The minimum atomic E-state index is 0.0283. The van der Waals surface area contributed by atoms with E-state index in [1.807, 2.05) is 30.3 Å². The summed E-state index contributed by atoms with van der Waals surface area (Å²) < 4.78 is 5.77. The van der Waals surface area contributed by atoms with E-state index in [9.17, 15) is 0 Å². The molecule has 0 aliphatic carbocycles. The molecule has 0 aliphatic heterocycles. The number of fused-ring (bicyclic) bond motifs is 1. The molecule has 0 bridgehead atoms. The second-order valence-corrected chi connectivity index (χ2v) is 6.50. The highest BCUT2D eigenvalue weighted by Crippen LogP contribution is 2.22. The molecule has 0 saturated heterocycles. The Labute approximate surface area is 166 Å². The fourth-order valence-corrected chi connectivity index (χ4v) is 2.84. The first-order chi connectivity index (χ1) is 14.0. The van der Waals surface area contributed by atoms with Gasteiger partial charge in [0.05, 0.1) is 5.52 Å². The summed E-state index contributed by atoms with van der Waals surface area (Å²) in [5.74, 6) is 1.22. The lowest BCUT2D eigenvalue weighted by Gasteiger charge is -2.06. The molecule has 8 heteroatoms. The molecule has 0 fully saturated rings. The second kappa shape index (κ2) is 7.43. The number of aromatic nitrogens is 3. The number of amidine groups is 2. The smallest absolute Gasteiger partial charge is 0.215 e. The van der Waals surface area contributed by atoms with E-state index >= 15 is 0 Å². The van der Waals surface area contributed by atoms with Gasteiger partial charge in [-0.15, -0.1) is 0 Å². The Bertz CT molecular complexity index is 1190. The van der Waals surface area contributed by atoms with E-state index in [0.29, 0.717) is 35.1 Å². The van der Waals surface area contributed by atoms with Crippen LogP contribution < -0.4 is 16.2 Å². The van der Waals surface area contributed by atoms with Gasteiger partial charge < -0.3 is 21.2 Å². The van der Waals surface area contributed by atoms with Gasteiger partial charge in [0.25, 0.3) is 0 Å². The number of pyridine rings is 1. The van der Waals surface area contributed by atoms with Crippen molar-refractivity contribution in [3.05, 3.63) is 77.4 Å². The van der Waals surface area contributed by atoms with Crippen LogP contribution in [-0.4, -0.2) is 26.6 Å². The van der Waals surface area contributed by atoms with Gasteiger partial charge in [-0.1, -0.05) is 48.5 Å². The highest BCUT2D eigenvalue weighted by Gasteiger charge is 2.09. The molecular formula is C21H19N7O. The summed E-state index contributed by atoms with van der Waals surface area (Å²) in [6, 6.07) is 18.2. The number of nitrogens with zero attached hydrogens (tertiary/aromatic N) is 2. The summed E-state index contributed by atoms with van der Waals surface area (Å²) >= 11 is 0. The molecule has 7 N–H and O–H groups in total. The molecule has 8 nitrogen and oxygen atoms in total. The van der Waals surface area contributed by atoms with Crippen molar-refractivity contribution in [1.29, 1.82) is 10.8 Å². The van der Waals surface area contributed by atoms with Crippen LogP contribution in [0.5, 0.6) is 5.88 Å². The van der Waals surface area contributed by atoms with Gasteiger partial charge in [0.2, 0.25) is 5.88 Å². The molecule has 4 rings (SSSR count). The van der Waals surface area contributed by atoms with Gasteiger partial charge in [-0.25, -0.2) is 4.98 Å². The van der Waals surface area contributed by atoms with Crippen molar-refractivity contribution < 1.29 is 4.74 Å². The summed E-state index contributed by atoms with van der Waals surface area (Å²) in [6.07, 6.45) is 0. The van der Waals surface area contributed by atoms with Crippen molar-refractivity contribution in [2.45, 2.75) is 6.61 Å². The third-order valence-corrected chi connectivity index (χ3v) is 4.44. The summed E-state index contributed by atoms with van der Waals surface area (Å²) in [5, 5.41) is 14.9. The fourth-order valence-electron chi connectivity index (χ4n) is 2.84. The highest BCUT2D eigenvalue weighted by molar-refractivity contribution is 5.95. The first-order valence-corrected chi connectivity index (χ1v) is 8.87. The number of hydrogen-bond acceptors (Lipinski definition) is 5. The number of nitrogens with two attached hydrogens (primary N) is 2. The van der Waals surface area contributed by atoms with Gasteiger partial charge in [0.1, 0.15) is 24.1 Å². The lowest BCUT2D eigenvalue weighted by atomic mass is 10.1. The number of imidazole rings is 1. The standard InChI is InChI=1S/C21H19N7O/c22-18(23)13-3-1-12(2-4-13)11-29-17-10-9-16-21(27-17)28-20(26-16)15-7-5-14(6-8-15)19(24)25/h1-10H,11H2,(H3,22,23)(H3,24,25)(H,26,27,28). The maximum atomic E-state index is 7.47. The van der Waals surface area contributed by atoms with Crippen LogP contribution in [0.1, 0.15) is 16.7 Å². The van der Waals surface area contributed by atoms with Gasteiger partial charge in [-0.05, 0) is 11.6 Å². The van der Waals surface area contributed by atoms with Crippen molar-refractivity contribution in [3.8, 4) is 17.3 Å². The number of H-pyrrole nitrogens is 1. The van der Waals surface area contributed by atoms with E-state index in [1.165, 1.54) is 0 Å². The Morgan fingerprint density at radius 2 is 1.45 bits per heavy atom. The number of hydrogen-bond donors (Lipinski definition) is 5. The van der Waals surface area contributed by atoms with E-state index in [0.717, 1.165) is 16.6 Å². The number of rotatable bonds is 6. The van der Waals surface area contributed by atoms with Crippen LogP contribution in [0.3, 0.4) is 0 Å². The second-order valence-electron chi connectivity index (χ2n) is 6.50. The zero-order valence-corrected chi connectivity index (χ0v) is 15.4. The molecule has 2 heterocycles. The number of benzene rings is 2. The average molecular weight is 385 g/mol. The van der Waals surface area contributed by atoms with Gasteiger partial charge >= 0.3 is 0 Å². The molecule has 0 unspecified atom stereocenters. The van der Waals surface area contributed by atoms with Gasteiger partial charge in [0.15, 0.2) is 5.65 Å². The normalized spacial score (nSPS) is 10.8. The lowest BCUT2D eigenvalue weighted by Crippen LogP contribution is -2.10. The van der Waals surface area contributed by atoms with E-state index in [2.05, 4.69) is 15.0 Å². The minimum Gasteiger partial charge on any atom is -0.473 e. The molecular weight excluding hydrogens is 366 g/mol. The first-order valence-electron chi connectivity index (χ1n) is 8.87. The fraction of sp³-hybridized carbons (Fsp3) is 0.0476. The predicted octanol–water partition coefficient (Wildman–Crippen LogP) is 2.77. The molecule has 2 aromatic carbocycles. The Kier molecular flexibility index (Phi) is 4.66. The number of nitrogens with one attached hydrogen (secondary N) is 3. The summed E-state index contributed by atoms with van der Waals surface area (Å²) in [4.78, 5) is 12.2. The quantitative estimate of drug-likeness (QED) is 0.255. The van der Waals surface area contributed by atoms with Gasteiger partial charge in [-0.3, -0.25) is 10.8 Å². The van der Waals surface area contributed by atoms with Crippen molar-refractivity contribution in [3.63, 3.8) is 0 Å². The third-order valence-electron chi connectivity index (χ3n) is 4.44. The maximum absolute atomic E-state index is 7.47. The Hall–Kier alpha value is -4.20. The molecule has 4 aromatic rings. The number of nitrogen functional groups attached to an aromatic ring is 2. The molecule has 0 amide bonds. The molecule has 0 aliphatic rings. The molecule has 2 aromatic heterocycles. The Morgan fingerprint density at radius 3 is 2.07 bits per heavy atom. The summed E-state index contributed by atoms with van der Waals surface area (Å²) in [6.45, 7) is 0.348. The first kappa shape index (κ1) is 18.2. The molecule has 144 valence electrons. The van der Waals surface area contributed by atoms with Crippen molar-refractivity contribution in [2.75, 3.05) is 0 Å². The van der Waals surface area contributed by atoms with Gasteiger partial charge in [-0.2, -0.15) is 4.98 Å². The largest absolute Gasteiger partial charge is 0.473 e. The summed E-state index contributed by atoms with van der Waals surface area (Å²) in [5.41, 5.74) is 15.5. The number of ether oxygens (including phenoxy) is 1. The van der Waals surface area contributed by atoms with E-state index in [-0.39, 0.29) is 11.7 Å². The summed E-state index contributed by atoms with van der Waals surface area (Å²) in [7, 11) is 0. The van der Waals surface area contributed by atoms with Crippen molar-refractivity contribution in [2.24, 2.45) is 11.5 Å². The number of aromatic amines is 1. The highest BCUT2D eigenvalue weighted by atomic mass is 16.5. The molecule has 0 saturated carbocycles. The van der Waals surface area contributed by atoms with Crippen LogP contribution in [0.4, 0.5) is 0 Å². The molecule has 0 radical (unpaired) electrons. The van der Waals surface area contributed by atoms with Crippen LogP contribution in [0, 0.1) is 10.8 Å². The predicted molar refractivity (Wildman–Crippen MR) is 112 cm³/mol. The maximum Gasteiger partial charge on any atom is 0.215 e. The van der Waals surface area contributed by atoms with Crippen molar-refractivity contribution in [1.82, 2.24) is 15.0 Å². The van der Waals surface area contributed by atoms with Gasteiger partial charge in [0, 0.05) is 22.8 Å². The lowest BCUT2D eigenvalue weighted by molar-refractivity contribution is 0.295. The van der Waals surface area contributed by atoms with Crippen LogP contribution in [-0.2, 0) is 6.61 Å². The van der Waals surface area contributed by atoms with Crippen LogP contribution in [0.15, 0.2) is 60.7 Å². The Morgan fingerprint density at radius 1 is 0.828 bits per heavy atom. The topological polar surface area (TPSA) is 151 Å². The zero-order chi connectivity index (χ0) is 20.4. The van der Waals surface area contributed by atoms with Crippen LogP contribution in [0.25, 0.3) is 22.6 Å². The third kappa shape index (κ3) is 3.91. The zero-order valence-electron chi connectivity index (χ0n) is 15.4. The molecule has 0 spiro atoms. The van der Waals surface area contributed by atoms with Crippen LogP contribution >= 0.6 is 0 Å². The van der Waals surface area contributed by atoms with E-state index < -0.39 is 0 Å². The SMILES string of the molecule is N=C(N)c1ccc(COc2ccc3[nH]c(-c4ccc(C(=N)N)cc4)nc3n2)cc1. The van der Waals surface area contributed by atoms with E-state index in [4.69, 9.17) is 27.0 Å². The van der Waals surface area contributed by atoms with Crippen LogP contribution in [0.2, 0.25) is 0 Å². The molecule has 0 atom stereocenters. The van der Waals surface area contributed by atoms with E-state index in [1.54, 1.807) is 30.3 Å². The molecule has 29 heavy (non-hydrogen) atoms. The Balaban J connectivity index is 1.50.